The average molecular weight is 469 g/mol. The lowest BCUT2D eigenvalue weighted by molar-refractivity contribution is -0.384. The lowest BCUT2D eigenvalue weighted by Gasteiger charge is -2.13. The van der Waals surface area contributed by atoms with Crippen molar-refractivity contribution in [3.63, 3.8) is 0 Å². The van der Waals surface area contributed by atoms with E-state index in [9.17, 15) is 20.2 Å². The molecule has 0 aliphatic heterocycles. The number of nitrogens with zero attached hydrogens (tertiary/aromatic N) is 3. The van der Waals surface area contributed by atoms with Gasteiger partial charge < -0.3 is 19.3 Å². The second-order valence-electron chi connectivity index (χ2n) is 6.69. The summed E-state index contributed by atoms with van der Waals surface area (Å²) in [6, 6.07) is 12.3. The van der Waals surface area contributed by atoms with Crippen LogP contribution in [0.15, 0.2) is 52.6 Å². The van der Waals surface area contributed by atoms with Crippen molar-refractivity contribution >= 4 is 35.1 Å². The van der Waals surface area contributed by atoms with Crippen LogP contribution in [0.1, 0.15) is 16.9 Å². The highest BCUT2D eigenvalue weighted by Crippen LogP contribution is 2.37. The van der Waals surface area contributed by atoms with E-state index in [1.54, 1.807) is 25.1 Å². The van der Waals surface area contributed by atoms with E-state index < -0.39 is 10.8 Å². The number of anilines is 1. The molecule has 11 heteroatoms. The number of aryl methyl sites for hydroxylation is 1. The maximum Gasteiger partial charge on any atom is 0.269 e. The molecule has 33 heavy (non-hydrogen) atoms. The second kappa shape index (κ2) is 10.3. The van der Waals surface area contributed by atoms with Crippen molar-refractivity contribution < 1.29 is 23.7 Å². The average Bonchev–Trinajstić information content (AvgIpc) is 3.20. The molecule has 0 saturated heterocycles. The summed E-state index contributed by atoms with van der Waals surface area (Å²) in [4.78, 5) is 22.7. The minimum Gasteiger partial charge on any atom is -0.493 e. The first-order valence-corrected chi connectivity index (χ1v) is 9.78. The number of nitriles is 1. The molecular formula is C22H17ClN4O6. The quantitative estimate of drug-likeness (QED) is 0.217. The van der Waals surface area contributed by atoms with Crippen LogP contribution in [-0.4, -0.2) is 23.1 Å². The van der Waals surface area contributed by atoms with E-state index in [4.69, 9.17) is 25.6 Å². The van der Waals surface area contributed by atoms with Gasteiger partial charge in [0.1, 0.15) is 24.0 Å². The van der Waals surface area contributed by atoms with E-state index in [-0.39, 0.29) is 40.2 Å². The Morgan fingerprint density at radius 3 is 2.64 bits per heavy atom. The predicted octanol–water partition coefficient (Wildman–Crippen LogP) is 4.68. The van der Waals surface area contributed by atoms with Gasteiger partial charge in [-0.3, -0.25) is 14.9 Å². The highest BCUT2D eigenvalue weighted by Gasteiger charge is 2.16. The van der Waals surface area contributed by atoms with Crippen LogP contribution >= 0.6 is 11.6 Å². The molecule has 168 valence electrons. The number of halogens is 1. The third-order valence-corrected chi connectivity index (χ3v) is 4.61. The van der Waals surface area contributed by atoms with Gasteiger partial charge in [-0.25, -0.2) is 0 Å². The molecule has 0 aliphatic rings. The molecular weight excluding hydrogens is 452 g/mol. The Labute approximate surface area is 193 Å². The molecule has 10 nitrogen and oxygen atoms in total. The Bertz CT molecular complexity index is 1260. The number of methoxy groups -OCH3 is 1. The van der Waals surface area contributed by atoms with Crippen molar-refractivity contribution in [3.8, 4) is 17.6 Å². The van der Waals surface area contributed by atoms with E-state index in [0.29, 0.717) is 16.9 Å². The van der Waals surface area contributed by atoms with Gasteiger partial charge in [0, 0.05) is 18.2 Å². The van der Waals surface area contributed by atoms with Gasteiger partial charge in [0.15, 0.2) is 17.3 Å². The highest BCUT2D eigenvalue weighted by molar-refractivity contribution is 6.32. The molecule has 0 spiro atoms. The van der Waals surface area contributed by atoms with Gasteiger partial charge in [0.2, 0.25) is 0 Å². The number of amides is 1. The smallest absolute Gasteiger partial charge is 0.269 e. The summed E-state index contributed by atoms with van der Waals surface area (Å²) in [6.07, 6.45) is 1.34. The molecule has 2 aromatic carbocycles. The first kappa shape index (κ1) is 23.3. The van der Waals surface area contributed by atoms with Crippen LogP contribution < -0.4 is 14.8 Å². The van der Waals surface area contributed by atoms with Crippen molar-refractivity contribution in [1.29, 1.82) is 5.26 Å². The fourth-order valence-corrected chi connectivity index (χ4v) is 3.03. The molecule has 0 atom stereocenters. The van der Waals surface area contributed by atoms with E-state index >= 15 is 0 Å². The van der Waals surface area contributed by atoms with Crippen LogP contribution in [0.2, 0.25) is 5.02 Å². The van der Waals surface area contributed by atoms with Crippen molar-refractivity contribution in [1.82, 2.24) is 5.16 Å². The molecule has 1 heterocycles. The Hall–Kier alpha value is -4.36. The predicted molar refractivity (Wildman–Crippen MR) is 119 cm³/mol. The van der Waals surface area contributed by atoms with Gasteiger partial charge in [0.25, 0.3) is 11.6 Å². The number of non-ortho nitro benzene ring substituents is 1. The fourth-order valence-electron chi connectivity index (χ4n) is 2.76. The molecule has 3 rings (SSSR count). The number of nitro benzene ring substituents is 1. The maximum absolute atomic E-state index is 12.4. The van der Waals surface area contributed by atoms with Gasteiger partial charge in [-0.05, 0) is 48.4 Å². The zero-order chi connectivity index (χ0) is 24.0. The van der Waals surface area contributed by atoms with E-state index in [2.05, 4.69) is 10.5 Å². The van der Waals surface area contributed by atoms with Crippen LogP contribution in [0.4, 0.5) is 11.5 Å². The van der Waals surface area contributed by atoms with Gasteiger partial charge in [-0.15, -0.1) is 0 Å². The molecule has 0 bridgehead atoms. The molecule has 0 radical (unpaired) electrons. The summed E-state index contributed by atoms with van der Waals surface area (Å²) in [5.41, 5.74) is 0.909. The summed E-state index contributed by atoms with van der Waals surface area (Å²) < 4.78 is 16.0. The maximum atomic E-state index is 12.4. The normalized spacial score (nSPS) is 10.9. The molecule has 0 fully saturated rings. The second-order valence-corrected chi connectivity index (χ2v) is 7.10. The number of rotatable bonds is 8. The monoisotopic (exact) mass is 468 g/mol. The summed E-state index contributed by atoms with van der Waals surface area (Å²) in [5, 5.41) is 26.5. The van der Waals surface area contributed by atoms with Crippen molar-refractivity contribution in [3.05, 3.63) is 80.1 Å². The first-order valence-electron chi connectivity index (χ1n) is 9.41. The molecule has 1 N–H and O–H groups in total. The minimum absolute atomic E-state index is 0.0264. The van der Waals surface area contributed by atoms with Crippen molar-refractivity contribution in [2.45, 2.75) is 13.5 Å². The van der Waals surface area contributed by atoms with Gasteiger partial charge in [0.05, 0.1) is 17.1 Å². The van der Waals surface area contributed by atoms with Crippen molar-refractivity contribution in [2.75, 3.05) is 12.4 Å². The standard InChI is InChI=1S/C22H17ClN4O6/c1-13-7-20(26-33-13)25-22(28)16(11-24)8-15-9-18(23)21(19(10-15)31-2)32-12-14-3-5-17(6-4-14)27(29)30/h3-10H,12H2,1-2H3,(H,25,26,28). The number of carbonyl (C=O) groups is 1. The number of carbonyl (C=O) groups excluding carboxylic acids is 1. The number of hydrogen-bond donors (Lipinski definition) is 1. The number of nitro groups is 1. The molecule has 3 aromatic rings. The van der Waals surface area contributed by atoms with E-state index in [1.807, 2.05) is 6.07 Å². The third-order valence-electron chi connectivity index (χ3n) is 4.33. The van der Waals surface area contributed by atoms with Gasteiger partial charge >= 0.3 is 0 Å². The molecule has 1 aromatic heterocycles. The zero-order valence-electron chi connectivity index (χ0n) is 17.5. The summed E-state index contributed by atoms with van der Waals surface area (Å²) in [7, 11) is 1.42. The number of nitrogens with one attached hydrogen (secondary N) is 1. The Kier molecular flexibility index (Phi) is 7.27. The van der Waals surface area contributed by atoms with Gasteiger partial charge in [-0.1, -0.05) is 16.8 Å². The van der Waals surface area contributed by atoms with Crippen molar-refractivity contribution in [2.24, 2.45) is 0 Å². The van der Waals surface area contributed by atoms with Crippen LogP contribution in [0.25, 0.3) is 6.08 Å². The van der Waals surface area contributed by atoms with Crippen LogP contribution in [0.3, 0.4) is 0 Å². The molecule has 0 saturated carbocycles. The molecule has 0 aliphatic carbocycles. The third kappa shape index (κ3) is 5.87. The number of benzene rings is 2. The topological polar surface area (TPSA) is 141 Å². The summed E-state index contributed by atoms with van der Waals surface area (Å²) in [6.45, 7) is 1.76. The lowest BCUT2D eigenvalue weighted by Crippen LogP contribution is -2.13. The van der Waals surface area contributed by atoms with Crippen LogP contribution in [0.5, 0.6) is 11.5 Å². The number of aromatic nitrogens is 1. The minimum atomic E-state index is -0.667. The molecule has 0 unspecified atom stereocenters. The fraction of sp³-hybridized carbons (Fsp3) is 0.136. The Morgan fingerprint density at radius 2 is 2.06 bits per heavy atom. The van der Waals surface area contributed by atoms with E-state index in [1.165, 1.54) is 37.5 Å². The first-order chi connectivity index (χ1) is 15.8. The number of ether oxygens (including phenoxy) is 2. The Morgan fingerprint density at radius 1 is 1.33 bits per heavy atom. The summed E-state index contributed by atoms with van der Waals surface area (Å²) in [5.74, 6) is 0.549. The lowest BCUT2D eigenvalue weighted by atomic mass is 10.1. The SMILES string of the molecule is COc1cc(C=C(C#N)C(=O)Nc2cc(C)on2)cc(Cl)c1OCc1ccc([N+](=O)[O-])cc1. The van der Waals surface area contributed by atoms with E-state index in [0.717, 1.165) is 0 Å². The highest BCUT2D eigenvalue weighted by atomic mass is 35.5. The summed E-state index contributed by atoms with van der Waals surface area (Å²) >= 11 is 6.36. The zero-order valence-corrected chi connectivity index (χ0v) is 18.3. The largest absolute Gasteiger partial charge is 0.493 e. The molecule has 1 amide bonds. The van der Waals surface area contributed by atoms with Crippen LogP contribution in [0, 0.1) is 28.4 Å². The Balaban J connectivity index is 1.79. The van der Waals surface area contributed by atoms with Crippen LogP contribution in [-0.2, 0) is 11.4 Å². The number of hydrogen-bond acceptors (Lipinski definition) is 8. The van der Waals surface area contributed by atoms with Gasteiger partial charge in [-0.2, -0.15) is 5.26 Å².